The second-order valence-corrected chi connectivity index (χ2v) is 12.0. The second-order valence-electron chi connectivity index (χ2n) is 9.30. The van der Waals surface area contributed by atoms with E-state index in [1.54, 1.807) is 37.3 Å². The molecule has 2 amide bonds. The molecule has 1 aliphatic rings. The number of benzene rings is 2. The maximum Gasteiger partial charge on any atom is 0.244 e. The summed E-state index contributed by atoms with van der Waals surface area (Å²) in [6, 6.07) is 10.0. The van der Waals surface area contributed by atoms with E-state index in [4.69, 9.17) is 23.2 Å². The number of halogens is 2. The number of Topliss-reactive ketones (excluding diaryl/α,β-unsaturated/α-hetero) is 1. The Morgan fingerprint density at radius 3 is 2.35 bits per heavy atom. The van der Waals surface area contributed by atoms with Crippen LogP contribution in [0.25, 0.3) is 0 Å². The first-order valence-electron chi connectivity index (χ1n) is 12.0. The van der Waals surface area contributed by atoms with E-state index in [0.717, 1.165) is 36.2 Å². The van der Waals surface area contributed by atoms with Crippen LogP contribution in [0.1, 0.15) is 55.5 Å². The number of carbonyl (C=O) groups excluding carboxylic acids is 3. The minimum Gasteiger partial charge on any atom is -0.352 e. The lowest BCUT2D eigenvalue weighted by Crippen LogP contribution is -2.52. The van der Waals surface area contributed by atoms with Gasteiger partial charge in [0, 0.05) is 28.2 Å². The van der Waals surface area contributed by atoms with Gasteiger partial charge in [-0.25, -0.2) is 8.42 Å². The van der Waals surface area contributed by atoms with E-state index in [9.17, 15) is 22.8 Å². The van der Waals surface area contributed by atoms with Crippen molar-refractivity contribution >= 4 is 56.5 Å². The van der Waals surface area contributed by atoms with Gasteiger partial charge in [-0.05, 0) is 56.5 Å². The molecule has 0 aromatic heterocycles. The molecule has 1 saturated carbocycles. The van der Waals surface area contributed by atoms with Crippen LogP contribution in [0.4, 0.5) is 5.69 Å². The molecule has 1 N–H and O–H groups in total. The van der Waals surface area contributed by atoms with E-state index in [1.807, 2.05) is 0 Å². The zero-order chi connectivity index (χ0) is 27.3. The van der Waals surface area contributed by atoms with Crippen molar-refractivity contribution in [1.29, 1.82) is 0 Å². The lowest BCUT2D eigenvalue weighted by molar-refractivity contribution is -0.139. The lowest BCUT2D eigenvalue weighted by Gasteiger charge is -2.32. The third-order valence-electron chi connectivity index (χ3n) is 6.44. The molecule has 3 rings (SSSR count). The number of rotatable bonds is 10. The summed E-state index contributed by atoms with van der Waals surface area (Å²) in [6.45, 7) is 2.38. The molecule has 1 atom stereocenters. The van der Waals surface area contributed by atoms with Gasteiger partial charge in [0.05, 0.1) is 11.9 Å². The van der Waals surface area contributed by atoms with E-state index in [2.05, 4.69) is 5.32 Å². The molecule has 1 fully saturated rings. The van der Waals surface area contributed by atoms with Gasteiger partial charge in [0.15, 0.2) is 5.78 Å². The van der Waals surface area contributed by atoms with Crippen molar-refractivity contribution in [3.05, 3.63) is 63.6 Å². The molecule has 8 nitrogen and oxygen atoms in total. The topological polar surface area (TPSA) is 104 Å². The molecule has 0 radical (unpaired) electrons. The first kappa shape index (κ1) is 28.9. The van der Waals surface area contributed by atoms with Gasteiger partial charge in [-0.15, -0.1) is 0 Å². The Labute approximate surface area is 228 Å². The minimum absolute atomic E-state index is 0.0286. The summed E-state index contributed by atoms with van der Waals surface area (Å²) in [7, 11) is -3.91. The largest absolute Gasteiger partial charge is 0.352 e. The van der Waals surface area contributed by atoms with Crippen molar-refractivity contribution in [2.75, 3.05) is 17.1 Å². The molecular weight excluding hydrogens is 537 g/mol. The summed E-state index contributed by atoms with van der Waals surface area (Å²) < 4.78 is 26.4. The number of nitrogens with one attached hydrogen (secondary N) is 1. The SMILES string of the molecule is CC(=O)c1cccc(N(CC(=O)N(Cc2ccc(Cl)cc2Cl)[C@@H](C)C(=O)NC2CCCC2)S(C)(=O)=O)c1. The molecule has 2 aromatic carbocycles. The molecule has 37 heavy (non-hydrogen) atoms. The van der Waals surface area contributed by atoms with Crippen LogP contribution in [0.5, 0.6) is 0 Å². The number of ketones is 1. The number of hydrogen-bond donors (Lipinski definition) is 1. The van der Waals surface area contributed by atoms with Crippen molar-refractivity contribution in [3.63, 3.8) is 0 Å². The highest BCUT2D eigenvalue weighted by atomic mass is 35.5. The minimum atomic E-state index is -3.91. The summed E-state index contributed by atoms with van der Waals surface area (Å²) in [5, 5.41) is 3.75. The highest BCUT2D eigenvalue weighted by molar-refractivity contribution is 7.92. The predicted molar refractivity (Wildman–Crippen MR) is 146 cm³/mol. The van der Waals surface area contributed by atoms with Gasteiger partial charge in [0.25, 0.3) is 0 Å². The molecule has 0 aliphatic heterocycles. The normalized spacial score (nSPS) is 14.7. The molecule has 200 valence electrons. The van der Waals surface area contributed by atoms with Crippen LogP contribution in [0.3, 0.4) is 0 Å². The standard InChI is InChI=1S/C26H31Cl2N3O5S/c1-17(26(34)29-22-8-4-5-9-22)30(15-20-11-12-21(27)14-24(20)28)25(33)16-31(37(3,35)36)23-10-6-7-19(13-23)18(2)32/h6-7,10-14,17,22H,4-5,8-9,15-16H2,1-3H3,(H,29,34)/t17-/m0/s1. The van der Waals surface area contributed by atoms with Crippen molar-refractivity contribution < 1.29 is 22.8 Å². The van der Waals surface area contributed by atoms with Gasteiger partial charge in [0.1, 0.15) is 12.6 Å². The van der Waals surface area contributed by atoms with Gasteiger partial charge in [-0.3, -0.25) is 18.7 Å². The summed E-state index contributed by atoms with van der Waals surface area (Å²) >= 11 is 12.4. The number of hydrogen-bond acceptors (Lipinski definition) is 5. The molecule has 2 aromatic rings. The van der Waals surface area contributed by atoms with Crippen LogP contribution in [0, 0.1) is 0 Å². The van der Waals surface area contributed by atoms with Crippen LogP contribution < -0.4 is 9.62 Å². The van der Waals surface area contributed by atoms with Crippen LogP contribution in [-0.4, -0.2) is 55.8 Å². The Kier molecular flexibility index (Phi) is 9.61. The highest BCUT2D eigenvalue weighted by Crippen LogP contribution is 2.25. The Morgan fingerprint density at radius 2 is 1.76 bits per heavy atom. The number of amides is 2. The highest BCUT2D eigenvalue weighted by Gasteiger charge is 2.32. The number of sulfonamides is 1. The molecule has 0 spiro atoms. The first-order chi connectivity index (χ1) is 17.4. The van der Waals surface area contributed by atoms with Crippen LogP contribution in [-0.2, 0) is 26.2 Å². The maximum atomic E-state index is 13.7. The van der Waals surface area contributed by atoms with E-state index in [-0.39, 0.29) is 30.0 Å². The molecular formula is C26H31Cl2N3O5S. The maximum absolute atomic E-state index is 13.7. The van der Waals surface area contributed by atoms with Gasteiger partial charge in [-0.1, -0.05) is 54.2 Å². The molecule has 11 heteroatoms. The smallest absolute Gasteiger partial charge is 0.244 e. The van der Waals surface area contributed by atoms with Crippen LogP contribution in [0.2, 0.25) is 10.0 Å². The molecule has 0 bridgehead atoms. The fourth-order valence-electron chi connectivity index (χ4n) is 4.30. The van der Waals surface area contributed by atoms with Crippen molar-refractivity contribution in [2.24, 2.45) is 0 Å². The molecule has 0 unspecified atom stereocenters. The van der Waals surface area contributed by atoms with Gasteiger partial charge < -0.3 is 10.2 Å². The zero-order valence-corrected chi connectivity index (χ0v) is 23.4. The van der Waals surface area contributed by atoms with Crippen LogP contribution >= 0.6 is 23.2 Å². The number of anilines is 1. The number of nitrogens with zero attached hydrogens (tertiary/aromatic N) is 2. The summed E-state index contributed by atoms with van der Waals surface area (Å²) in [4.78, 5) is 39.9. The Hall–Kier alpha value is -2.62. The second kappa shape index (κ2) is 12.3. The van der Waals surface area contributed by atoms with Gasteiger partial charge in [-0.2, -0.15) is 0 Å². The Bertz CT molecular complexity index is 1280. The average Bonchev–Trinajstić information content (AvgIpc) is 3.34. The molecule has 0 saturated heterocycles. The van der Waals surface area contributed by atoms with Crippen molar-refractivity contribution in [1.82, 2.24) is 10.2 Å². The third kappa shape index (κ3) is 7.69. The van der Waals surface area contributed by atoms with Crippen molar-refractivity contribution in [2.45, 2.75) is 58.2 Å². The van der Waals surface area contributed by atoms with Gasteiger partial charge >= 0.3 is 0 Å². The lowest BCUT2D eigenvalue weighted by atomic mass is 10.1. The first-order valence-corrected chi connectivity index (χ1v) is 14.6. The number of carbonyl (C=O) groups is 3. The van der Waals surface area contributed by atoms with E-state index in [0.29, 0.717) is 21.2 Å². The fraction of sp³-hybridized carbons (Fsp3) is 0.423. The van der Waals surface area contributed by atoms with Crippen LogP contribution in [0.15, 0.2) is 42.5 Å². The van der Waals surface area contributed by atoms with Gasteiger partial charge in [0.2, 0.25) is 21.8 Å². The monoisotopic (exact) mass is 567 g/mol. The average molecular weight is 569 g/mol. The molecule has 1 aliphatic carbocycles. The fourth-order valence-corrected chi connectivity index (χ4v) is 5.61. The Balaban J connectivity index is 1.93. The Morgan fingerprint density at radius 1 is 1.08 bits per heavy atom. The van der Waals surface area contributed by atoms with E-state index >= 15 is 0 Å². The summed E-state index contributed by atoms with van der Waals surface area (Å²) in [5.41, 5.74) is 1.05. The van der Waals surface area contributed by atoms with E-state index in [1.165, 1.54) is 24.0 Å². The predicted octanol–water partition coefficient (Wildman–Crippen LogP) is 4.44. The van der Waals surface area contributed by atoms with Crippen molar-refractivity contribution in [3.8, 4) is 0 Å². The quantitative estimate of drug-likeness (QED) is 0.427. The summed E-state index contributed by atoms with van der Waals surface area (Å²) in [6.07, 6.45) is 4.81. The third-order valence-corrected chi connectivity index (χ3v) is 8.17. The summed E-state index contributed by atoms with van der Waals surface area (Å²) in [5.74, 6) is -1.16. The zero-order valence-electron chi connectivity index (χ0n) is 21.0. The van der Waals surface area contributed by atoms with E-state index < -0.39 is 28.5 Å². The molecule has 0 heterocycles.